The van der Waals surface area contributed by atoms with E-state index < -0.39 is 10.8 Å². The predicted octanol–water partition coefficient (Wildman–Crippen LogP) is 3.03. The van der Waals surface area contributed by atoms with E-state index in [4.69, 9.17) is 21.1 Å². The summed E-state index contributed by atoms with van der Waals surface area (Å²) in [5.41, 5.74) is 2.41. The van der Waals surface area contributed by atoms with Crippen molar-refractivity contribution in [2.75, 3.05) is 14.2 Å². The monoisotopic (exact) mass is 363 g/mol. The average Bonchev–Trinajstić information content (AvgIpc) is 2.61. The lowest BCUT2D eigenvalue weighted by Gasteiger charge is -2.08. The van der Waals surface area contributed by atoms with E-state index in [2.05, 4.69) is 10.5 Å². The second-order valence-corrected chi connectivity index (χ2v) is 5.11. The van der Waals surface area contributed by atoms with Gasteiger partial charge in [-0.3, -0.25) is 14.9 Å². The van der Waals surface area contributed by atoms with Crippen LogP contribution in [0.2, 0.25) is 5.02 Å². The van der Waals surface area contributed by atoms with Gasteiger partial charge in [-0.2, -0.15) is 5.10 Å². The summed E-state index contributed by atoms with van der Waals surface area (Å²) >= 11 is 5.92. The standard InChI is InChI=1S/C16H14ClN3O5/c1-24-14-7-10(13(20(22)23)8-15(14)25-2)9-18-19-16(21)11-5-3-4-6-12(11)17/h3-9H,1-2H3,(H,19,21)/b18-9+. The van der Waals surface area contributed by atoms with E-state index >= 15 is 0 Å². The molecule has 25 heavy (non-hydrogen) atoms. The van der Waals surface area contributed by atoms with Gasteiger partial charge < -0.3 is 9.47 Å². The number of carbonyl (C=O) groups is 1. The van der Waals surface area contributed by atoms with E-state index in [1.807, 2.05) is 0 Å². The molecule has 0 atom stereocenters. The van der Waals surface area contributed by atoms with Gasteiger partial charge in [-0.25, -0.2) is 5.43 Å². The van der Waals surface area contributed by atoms with Crippen molar-refractivity contribution in [2.45, 2.75) is 0 Å². The lowest BCUT2D eigenvalue weighted by atomic mass is 10.1. The van der Waals surface area contributed by atoms with Crippen LogP contribution in [-0.2, 0) is 0 Å². The maximum Gasteiger partial charge on any atom is 0.282 e. The number of benzene rings is 2. The number of hydrazone groups is 1. The number of ether oxygens (including phenoxy) is 2. The molecule has 9 heteroatoms. The molecule has 0 aliphatic heterocycles. The van der Waals surface area contributed by atoms with Crippen LogP contribution in [0.5, 0.6) is 11.5 Å². The first kappa shape index (κ1) is 18.2. The first-order valence-electron chi connectivity index (χ1n) is 6.96. The van der Waals surface area contributed by atoms with Crippen LogP contribution in [0.4, 0.5) is 5.69 Å². The highest BCUT2D eigenvalue weighted by Gasteiger charge is 2.18. The smallest absolute Gasteiger partial charge is 0.282 e. The zero-order valence-corrected chi connectivity index (χ0v) is 14.1. The first-order chi connectivity index (χ1) is 12.0. The summed E-state index contributed by atoms with van der Waals surface area (Å²) in [6.07, 6.45) is 1.15. The molecule has 2 rings (SSSR count). The first-order valence-corrected chi connectivity index (χ1v) is 7.34. The van der Waals surface area contributed by atoms with Gasteiger partial charge in [0.25, 0.3) is 11.6 Å². The molecule has 0 saturated carbocycles. The number of nitrogens with one attached hydrogen (secondary N) is 1. The van der Waals surface area contributed by atoms with Crippen LogP contribution in [0, 0.1) is 10.1 Å². The minimum atomic E-state index is -0.584. The van der Waals surface area contributed by atoms with Crippen molar-refractivity contribution in [3.8, 4) is 11.5 Å². The number of halogens is 1. The Morgan fingerprint density at radius 1 is 1.24 bits per heavy atom. The summed E-state index contributed by atoms with van der Waals surface area (Å²) in [7, 11) is 2.78. The largest absolute Gasteiger partial charge is 0.493 e. The Bertz CT molecular complexity index is 839. The second kappa shape index (κ2) is 8.11. The highest BCUT2D eigenvalue weighted by atomic mass is 35.5. The Morgan fingerprint density at radius 3 is 2.48 bits per heavy atom. The summed E-state index contributed by atoms with van der Waals surface area (Å²) in [5.74, 6) is -0.0246. The van der Waals surface area contributed by atoms with E-state index in [1.54, 1.807) is 18.2 Å². The highest BCUT2D eigenvalue weighted by Crippen LogP contribution is 2.33. The molecule has 0 radical (unpaired) electrons. The van der Waals surface area contributed by atoms with E-state index in [1.165, 1.54) is 32.4 Å². The quantitative estimate of drug-likeness (QED) is 0.482. The summed E-state index contributed by atoms with van der Waals surface area (Å²) in [6, 6.07) is 9.06. The number of nitrogens with zero attached hydrogens (tertiary/aromatic N) is 2. The van der Waals surface area contributed by atoms with Crippen molar-refractivity contribution in [2.24, 2.45) is 5.10 Å². The van der Waals surface area contributed by atoms with Gasteiger partial charge in [0.2, 0.25) is 0 Å². The normalized spacial score (nSPS) is 10.5. The number of methoxy groups -OCH3 is 2. The van der Waals surface area contributed by atoms with Gasteiger partial charge in [0, 0.05) is 0 Å². The van der Waals surface area contributed by atoms with Gasteiger partial charge in [-0.1, -0.05) is 23.7 Å². The van der Waals surface area contributed by atoms with Crippen LogP contribution in [0.1, 0.15) is 15.9 Å². The van der Waals surface area contributed by atoms with Gasteiger partial charge in [0.1, 0.15) is 0 Å². The van der Waals surface area contributed by atoms with Crippen LogP contribution in [0.3, 0.4) is 0 Å². The number of rotatable bonds is 6. The molecular formula is C16H14ClN3O5. The zero-order chi connectivity index (χ0) is 18.4. The topological polar surface area (TPSA) is 103 Å². The molecule has 0 unspecified atom stereocenters. The molecule has 2 aromatic carbocycles. The lowest BCUT2D eigenvalue weighted by Crippen LogP contribution is -2.18. The Hall–Kier alpha value is -3.13. The number of carbonyl (C=O) groups excluding carboxylic acids is 1. The van der Waals surface area contributed by atoms with Crippen LogP contribution in [-0.4, -0.2) is 31.3 Å². The number of hydrogen-bond acceptors (Lipinski definition) is 6. The third kappa shape index (κ3) is 4.24. The molecule has 0 aromatic heterocycles. The van der Waals surface area contributed by atoms with Crippen LogP contribution >= 0.6 is 11.6 Å². The highest BCUT2D eigenvalue weighted by molar-refractivity contribution is 6.33. The molecule has 0 heterocycles. The average molecular weight is 364 g/mol. The molecule has 0 saturated heterocycles. The van der Waals surface area contributed by atoms with Gasteiger partial charge in [0.05, 0.1) is 47.6 Å². The van der Waals surface area contributed by atoms with Crippen molar-refractivity contribution in [3.05, 3.63) is 62.7 Å². The molecule has 8 nitrogen and oxygen atoms in total. The number of hydrogen-bond donors (Lipinski definition) is 1. The Labute approximate surface area is 148 Å². The summed E-state index contributed by atoms with van der Waals surface area (Å²) in [4.78, 5) is 22.6. The van der Waals surface area contributed by atoms with Crippen LogP contribution < -0.4 is 14.9 Å². The molecular weight excluding hydrogens is 350 g/mol. The molecule has 130 valence electrons. The van der Waals surface area contributed by atoms with Gasteiger partial charge in [-0.05, 0) is 18.2 Å². The van der Waals surface area contributed by atoms with Crippen molar-refractivity contribution >= 4 is 29.4 Å². The molecule has 0 aliphatic carbocycles. The number of nitro benzene ring substituents is 1. The van der Waals surface area contributed by atoms with Gasteiger partial charge >= 0.3 is 0 Å². The SMILES string of the molecule is COc1cc(/C=N/NC(=O)c2ccccc2Cl)c([N+](=O)[O-])cc1OC. The molecule has 1 amide bonds. The van der Waals surface area contributed by atoms with E-state index in [9.17, 15) is 14.9 Å². The van der Waals surface area contributed by atoms with Gasteiger partial charge in [0.15, 0.2) is 11.5 Å². The van der Waals surface area contributed by atoms with Crippen molar-refractivity contribution < 1.29 is 19.2 Å². The van der Waals surface area contributed by atoms with E-state index in [0.717, 1.165) is 6.21 Å². The summed E-state index contributed by atoms with van der Waals surface area (Å²) in [5, 5.41) is 15.2. The fourth-order valence-electron chi connectivity index (χ4n) is 2.01. The third-order valence-electron chi connectivity index (χ3n) is 3.22. The predicted molar refractivity (Wildman–Crippen MR) is 92.7 cm³/mol. The molecule has 0 bridgehead atoms. The van der Waals surface area contributed by atoms with Crippen molar-refractivity contribution in [1.82, 2.24) is 5.43 Å². The molecule has 0 spiro atoms. The van der Waals surface area contributed by atoms with E-state index in [-0.39, 0.29) is 27.6 Å². The molecule has 0 aliphatic rings. The fraction of sp³-hybridized carbons (Fsp3) is 0.125. The maximum absolute atomic E-state index is 12.0. The van der Waals surface area contributed by atoms with Crippen LogP contribution in [0.15, 0.2) is 41.5 Å². The maximum atomic E-state index is 12.0. The number of amides is 1. The lowest BCUT2D eigenvalue weighted by molar-refractivity contribution is -0.385. The molecule has 2 aromatic rings. The molecule has 1 N–H and O–H groups in total. The van der Waals surface area contributed by atoms with E-state index in [0.29, 0.717) is 5.75 Å². The Balaban J connectivity index is 2.26. The second-order valence-electron chi connectivity index (χ2n) is 4.70. The van der Waals surface area contributed by atoms with Crippen LogP contribution in [0.25, 0.3) is 0 Å². The Morgan fingerprint density at radius 2 is 1.88 bits per heavy atom. The van der Waals surface area contributed by atoms with Crippen molar-refractivity contribution in [3.63, 3.8) is 0 Å². The Kier molecular flexibility index (Phi) is 5.91. The summed E-state index contributed by atoms with van der Waals surface area (Å²) in [6.45, 7) is 0. The third-order valence-corrected chi connectivity index (χ3v) is 3.55. The minimum absolute atomic E-state index is 0.141. The number of nitro groups is 1. The summed E-state index contributed by atoms with van der Waals surface area (Å²) < 4.78 is 10.1. The zero-order valence-electron chi connectivity index (χ0n) is 13.4. The minimum Gasteiger partial charge on any atom is -0.493 e. The van der Waals surface area contributed by atoms with Gasteiger partial charge in [-0.15, -0.1) is 0 Å². The molecule has 0 fully saturated rings. The van der Waals surface area contributed by atoms with Crippen molar-refractivity contribution in [1.29, 1.82) is 0 Å². The fourth-order valence-corrected chi connectivity index (χ4v) is 2.23.